The number of thiophene rings is 1. The Labute approximate surface area is 147 Å². The fraction of sp³-hybridized carbons (Fsp3) is 0.250. The first-order chi connectivity index (χ1) is 11.1. The Kier molecular flexibility index (Phi) is 4.90. The van der Waals surface area contributed by atoms with E-state index >= 15 is 0 Å². The van der Waals surface area contributed by atoms with Gasteiger partial charge in [0.25, 0.3) is 5.91 Å². The summed E-state index contributed by atoms with van der Waals surface area (Å²) in [5, 5.41) is 2.56. The van der Waals surface area contributed by atoms with Crippen molar-refractivity contribution < 1.29 is 14.3 Å². The van der Waals surface area contributed by atoms with Crippen molar-refractivity contribution in [2.24, 2.45) is 0 Å². The maximum Gasteiger partial charge on any atom is 0.334 e. The van der Waals surface area contributed by atoms with Crippen molar-refractivity contribution in [1.29, 1.82) is 0 Å². The lowest BCUT2D eigenvalue weighted by Gasteiger charge is -2.22. The van der Waals surface area contributed by atoms with Crippen LogP contribution in [-0.4, -0.2) is 29.4 Å². The summed E-state index contributed by atoms with van der Waals surface area (Å²) in [6.07, 6.45) is 1.35. The summed E-state index contributed by atoms with van der Waals surface area (Å²) in [5.74, 6) is -0.366. The molecule has 7 heteroatoms. The summed E-state index contributed by atoms with van der Waals surface area (Å²) >= 11 is 13.2. The number of hydrogen-bond acceptors (Lipinski definition) is 4. The molecule has 1 aliphatic rings. The van der Waals surface area contributed by atoms with Gasteiger partial charge in [-0.25, -0.2) is 4.79 Å². The van der Waals surface area contributed by atoms with Crippen molar-refractivity contribution in [2.75, 3.05) is 6.54 Å². The molecule has 0 aliphatic carbocycles. The molecule has 120 valence electrons. The van der Waals surface area contributed by atoms with Gasteiger partial charge in [-0.05, 0) is 42.5 Å². The van der Waals surface area contributed by atoms with Gasteiger partial charge in [0, 0.05) is 11.6 Å². The molecular formula is C16H13Cl2NO3S. The predicted octanol–water partition coefficient (Wildman–Crippen LogP) is 4.27. The molecule has 1 unspecified atom stereocenters. The third kappa shape index (κ3) is 3.52. The van der Waals surface area contributed by atoms with Crippen molar-refractivity contribution in [2.45, 2.75) is 18.9 Å². The smallest absolute Gasteiger partial charge is 0.334 e. The van der Waals surface area contributed by atoms with Gasteiger partial charge in [-0.2, -0.15) is 0 Å². The summed E-state index contributed by atoms with van der Waals surface area (Å²) in [4.78, 5) is 27.1. The highest BCUT2D eigenvalue weighted by atomic mass is 35.5. The number of carbonyl (C=O) groups is 2. The quantitative estimate of drug-likeness (QED) is 0.599. The van der Waals surface area contributed by atoms with Crippen LogP contribution in [0.3, 0.4) is 0 Å². The van der Waals surface area contributed by atoms with E-state index < -0.39 is 12.0 Å². The Morgan fingerprint density at radius 2 is 2.09 bits per heavy atom. The zero-order valence-corrected chi connectivity index (χ0v) is 14.3. The van der Waals surface area contributed by atoms with Crippen LogP contribution in [0.2, 0.25) is 10.0 Å². The summed E-state index contributed by atoms with van der Waals surface area (Å²) < 4.78 is 5.36. The fourth-order valence-electron chi connectivity index (χ4n) is 2.53. The number of rotatable bonds is 3. The Hall–Kier alpha value is -1.56. The Bertz CT molecular complexity index is 733. The van der Waals surface area contributed by atoms with Crippen molar-refractivity contribution in [3.63, 3.8) is 0 Å². The third-order valence-electron chi connectivity index (χ3n) is 3.62. The SMILES string of the molecule is O=C(Oc1ccc(Cl)cc1Cl)C1CCCN1C(=O)c1cccs1. The average Bonchev–Trinajstić information content (AvgIpc) is 3.20. The lowest BCUT2D eigenvalue weighted by Crippen LogP contribution is -2.42. The molecule has 1 aromatic carbocycles. The molecule has 4 nitrogen and oxygen atoms in total. The minimum atomic E-state index is -0.587. The maximum atomic E-state index is 12.5. The van der Waals surface area contributed by atoms with E-state index in [1.807, 2.05) is 11.4 Å². The number of ether oxygens (including phenoxy) is 1. The highest BCUT2D eigenvalue weighted by Crippen LogP contribution is 2.29. The molecule has 1 saturated heterocycles. The van der Waals surface area contributed by atoms with Crippen LogP contribution >= 0.6 is 34.5 Å². The first-order valence-corrected chi connectivity index (χ1v) is 8.71. The van der Waals surface area contributed by atoms with Crippen LogP contribution in [0.5, 0.6) is 5.75 Å². The van der Waals surface area contributed by atoms with E-state index in [9.17, 15) is 9.59 Å². The average molecular weight is 370 g/mol. The molecule has 0 saturated carbocycles. The molecule has 1 amide bonds. The van der Waals surface area contributed by atoms with Gasteiger partial charge in [0.05, 0.1) is 9.90 Å². The van der Waals surface area contributed by atoms with Crippen LogP contribution in [0.25, 0.3) is 0 Å². The number of amides is 1. The molecule has 1 aliphatic heterocycles. The van der Waals surface area contributed by atoms with E-state index in [0.29, 0.717) is 22.9 Å². The molecule has 2 aromatic rings. The van der Waals surface area contributed by atoms with Gasteiger partial charge in [-0.1, -0.05) is 29.3 Å². The van der Waals surface area contributed by atoms with Crippen LogP contribution in [0.15, 0.2) is 35.7 Å². The first kappa shape index (κ1) is 16.3. The lowest BCUT2D eigenvalue weighted by molar-refractivity contribution is -0.138. The van der Waals surface area contributed by atoms with Crippen LogP contribution in [0, 0.1) is 0 Å². The van der Waals surface area contributed by atoms with Crippen LogP contribution in [-0.2, 0) is 4.79 Å². The predicted molar refractivity (Wildman–Crippen MR) is 90.5 cm³/mol. The largest absolute Gasteiger partial charge is 0.423 e. The zero-order valence-electron chi connectivity index (χ0n) is 12.0. The normalized spacial score (nSPS) is 17.3. The number of halogens is 2. The summed E-state index contributed by atoms with van der Waals surface area (Å²) in [5.41, 5.74) is 0. The highest BCUT2D eigenvalue weighted by molar-refractivity contribution is 7.12. The monoisotopic (exact) mass is 369 g/mol. The second kappa shape index (κ2) is 6.91. The van der Waals surface area contributed by atoms with Crippen LogP contribution in [0.1, 0.15) is 22.5 Å². The Balaban J connectivity index is 1.74. The van der Waals surface area contributed by atoms with Gasteiger partial charge < -0.3 is 9.64 Å². The van der Waals surface area contributed by atoms with Gasteiger partial charge in [-0.3, -0.25) is 4.79 Å². The second-order valence-corrected chi connectivity index (χ2v) is 6.92. The number of likely N-dealkylation sites (tertiary alicyclic amines) is 1. The number of carbonyl (C=O) groups excluding carboxylic acids is 2. The van der Waals surface area contributed by atoms with E-state index in [1.165, 1.54) is 17.4 Å². The molecular weight excluding hydrogens is 357 g/mol. The molecule has 23 heavy (non-hydrogen) atoms. The number of benzene rings is 1. The van der Waals surface area contributed by atoms with Crippen molar-refractivity contribution in [3.05, 3.63) is 50.6 Å². The molecule has 1 aromatic heterocycles. The van der Waals surface area contributed by atoms with Gasteiger partial charge >= 0.3 is 5.97 Å². The number of esters is 1. The molecule has 0 bridgehead atoms. The minimum absolute atomic E-state index is 0.137. The number of hydrogen-bond donors (Lipinski definition) is 0. The fourth-order valence-corrected chi connectivity index (χ4v) is 3.66. The maximum absolute atomic E-state index is 12.5. The van der Waals surface area contributed by atoms with E-state index in [-0.39, 0.29) is 16.7 Å². The minimum Gasteiger partial charge on any atom is -0.423 e. The van der Waals surface area contributed by atoms with Gasteiger partial charge in [0.15, 0.2) is 0 Å². The molecule has 3 rings (SSSR count). The van der Waals surface area contributed by atoms with Crippen molar-refractivity contribution in [1.82, 2.24) is 4.90 Å². The summed E-state index contributed by atoms with van der Waals surface area (Å²) in [6.45, 7) is 0.546. The standard InChI is InChI=1S/C16H13Cl2NO3S/c17-10-5-6-13(11(18)9-10)22-16(21)12-3-1-7-19(12)15(20)14-4-2-8-23-14/h2,4-6,8-9,12H,1,3,7H2. The van der Waals surface area contributed by atoms with Crippen LogP contribution in [0.4, 0.5) is 0 Å². The molecule has 0 spiro atoms. The van der Waals surface area contributed by atoms with E-state index in [1.54, 1.807) is 23.1 Å². The topological polar surface area (TPSA) is 46.6 Å². The Morgan fingerprint density at radius 1 is 1.26 bits per heavy atom. The molecule has 0 radical (unpaired) electrons. The molecule has 1 atom stereocenters. The first-order valence-electron chi connectivity index (χ1n) is 7.07. The third-order valence-corrected chi connectivity index (χ3v) is 5.01. The second-order valence-electron chi connectivity index (χ2n) is 5.13. The highest BCUT2D eigenvalue weighted by Gasteiger charge is 2.36. The van der Waals surface area contributed by atoms with Crippen LogP contribution < -0.4 is 4.74 Å². The Morgan fingerprint density at radius 3 is 2.78 bits per heavy atom. The van der Waals surface area contributed by atoms with Gasteiger partial charge in [-0.15, -0.1) is 11.3 Å². The van der Waals surface area contributed by atoms with Crippen molar-refractivity contribution in [3.8, 4) is 5.75 Å². The van der Waals surface area contributed by atoms with Gasteiger partial charge in [0.1, 0.15) is 11.8 Å². The molecule has 0 N–H and O–H groups in total. The summed E-state index contributed by atoms with van der Waals surface area (Å²) in [7, 11) is 0. The van der Waals surface area contributed by atoms with E-state index in [0.717, 1.165) is 6.42 Å². The summed E-state index contributed by atoms with van der Waals surface area (Å²) in [6, 6.07) is 7.63. The van der Waals surface area contributed by atoms with Crippen molar-refractivity contribution >= 4 is 46.4 Å². The van der Waals surface area contributed by atoms with Gasteiger partial charge in [0.2, 0.25) is 0 Å². The number of nitrogens with zero attached hydrogens (tertiary/aromatic N) is 1. The van der Waals surface area contributed by atoms with E-state index in [2.05, 4.69) is 0 Å². The molecule has 2 heterocycles. The van der Waals surface area contributed by atoms with E-state index in [4.69, 9.17) is 27.9 Å². The zero-order chi connectivity index (χ0) is 16.4. The lowest BCUT2D eigenvalue weighted by atomic mass is 10.2. The molecule has 1 fully saturated rings.